The Kier molecular flexibility index (Phi) is 8.40. The summed E-state index contributed by atoms with van der Waals surface area (Å²) in [5.74, 6) is -0.634. The lowest BCUT2D eigenvalue weighted by atomic mass is 10.1. The van der Waals surface area contributed by atoms with Crippen molar-refractivity contribution in [3.63, 3.8) is 0 Å². The van der Waals surface area contributed by atoms with E-state index < -0.39 is 21.3 Å². The predicted octanol–water partition coefficient (Wildman–Crippen LogP) is 7.05. The molecule has 3 aromatic rings. The molecule has 3 aromatic carbocycles. The standard InChI is InChI=1S/C25H18Cl3NO6S2/c1-2-34-21-11-15(10-20(28)23(21)35-37(32,33)18-6-4-3-5-7-18)12-22-24(30)29(25(31)36-22)14-16-8-9-17(26)13-19(16)27/h3-13H,2,14H2,1H3/b22-12-. The van der Waals surface area contributed by atoms with Gasteiger partial charge in [-0.15, -0.1) is 0 Å². The van der Waals surface area contributed by atoms with Crippen molar-refractivity contribution < 1.29 is 26.9 Å². The topological polar surface area (TPSA) is 90.0 Å². The molecule has 1 heterocycles. The Bertz CT molecular complexity index is 1510. The van der Waals surface area contributed by atoms with E-state index >= 15 is 0 Å². The summed E-state index contributed by atoms with van der Waals surface area (Å²) in [5, 5.41) is 0.259. The van der Waals surface area contributed by atoms with E-state index in [-0.39, 0.29) is 39.5 Å². The average Bonchev–Trinajstić information content (AvgIpc) is 3.11. The molecule has 37 heavy (non-hydrogen) atoms. The van der Waals surface area contributed by atoms with Crippen LogP contribution in [0.1, 0.15) is 18.1 Å². The van der Waals surface area contributed by atoms with E-state index in [9.17, 15) is 18.0 Å². The Morgan fingerprint density at radius 2 is 1.70 bits per heavy atom. The van der Waals surface area contributed by atoms with Crippen LogP contribution >= 0.6 is 46.6 Å². The van der Waals surface area contributed by atoms with Crippen LogP contribution in [0.4, 0.5) is 4.79 Å². The second-order valence-corrected chi connectivity index (χ2v) is 11.4. The number of thioether (sulfide) groups is 1. The van der Waals surface area contributed by atoms with Crippen molar-refractivity contribution in [2.45, 2.75) is 18.4 Å². The Hall–Kier alpha value is -2.69. The van der Waals surface area contributed by atoms with Gasteiger partial charge in [0.25, 0.3) is 11.1 Å². The van der Waals surface area contributed by atoms with Crippen molar-refractivity contribution in [3.05, 3.63) is 91.8 Å². The molecule has 1 aliphatic heterocycles. The van der Waals surface area contributed by atoms with Crippen molar-refractivity contribution in [3.8, 4) is 11.5 Å². The highest BCUT2D eigenvalue weighted by molar-refractivity contribution is 8.18. The number of carbonyl (C=O) groups is 2. The minimum absolute atomic E-state index is 0.0207. The fourth-order valence-corrected chi connectivity index (χ4v) is 5.96. The highest BCUT2D eigenvalue weighted by Crippen LogP contribution is 2.41. The number of imide groups is 1. The van der Waals surface area contributed by atoms with E-state index in [0.717, 1.165) is 16.7 Å². The molecule has 0 spiro atoms. The van der Waals surface area contributed by atoms with Crippen molar-refractivity contribution >= 4 is 73.9 Å². The molecule has 4 rings (SSSR count). The van der Waals surface area contributed by atoms with Crippen molar-refractivity contribution in [1.29, 1.82) is 0 Å². The van der Waals surface area contributed by atoms with Gasteiger partial charge in [0.05, 0.1) is 23.1 Å². The lowest BCUT2D eigenvalue weighted by molar-refractivity contribution is -0.123. The van der Waals surface area contributed by atoms with Crippen LogP contribution in [-0.2, 0) is 21.5 Å². The number of carbonyl (C=O) groups excluding carboxylic acids is 2. The SMILES string of the molecule is CCOc1cc(/C=C2\SC(=O)N(Cc3ccc(Cl)cc3Cl)C2=O)cc(Cl)c1OS(=O)(=O)c1ccccc1. The Morgan fingerprint density at radius 1 is 0.973 bits per heavy atom. The van der Waals surface area contributed by atoms with Gasteiger partial charge in [-0.25, -0.2) is 0 Å². The fourth-order valence-electron chi connectivity index (χ4n) is 3.37. The first-order valence-electron chi connectivity index (χ1n) is 10.7. The highest BCUT2D eigenvalue weighted by Gasteiger charge is 2.35. The number of benzene rings is 3. The molecule has 2 amide bonds. The zero-order valence-electron chi connectivity index (χ0n) is 19.1. The molecule has 0 bridgehead atoms. The summed E-state index contributed by atoms with van der Waals surface area (Å²) in [7, 11) is -4.18. The molecule has 1 aliphatic rings. The van der Waals surface area contributed by atoms with Gasteiger partial charge in [0, 0.05) is 10.0 Å². The number of hydrogen-bond acceptors (Lipinski definition) is 7. The third-order valence-corrected chi connectivity index (χ3v) is 8.08. The zero-order chi connectivity index (χ0) is 26.7. The minimum atomic E-state index is -4.18. The van der Waals surface area contributed by atoms with Gasteiger partial charge in [0.15, 0.2) is 5.75 Å². The van der Waals surface area contributed by atoms with Gasteiger partial charge in [-0.05, 0) is 72.3 Å². The van der Waals surface area contributed by atoms with Crippen molar-refractivity contribution in [1.82, 2.24) is 4.90 Å². The van der Waals surface area contributed by atoms with Gasteiger partial charge in [-0.1, -0.05) is 59.1 Å². The summed E-state index contributed by atoms with van der Waals surface area (Å²) >= 11 is 19.3. The summed E-state index contributed by atoms with van der Waals surface area (Å²) in [6.45, 7) is 1.89. The van der Waals surface area contributed by atoms with Gasteiger partial charge in [0.2, 0.25) is 5.75 Å². The number of nitrogens with zero attached hydrogens (tertiary/aromatic N) is 1. The Labute approximate surface area is 233 Å². The van der Waals surface area contributed by atoms with E-state index in [1.54, 1.807) is 37.3 Å². The maximum atomic E-state index is 13.0. The summed E-state index contributed by atoms with van der Waals surface area (Å²) in [4.78, 5) is 26.7. The summed E-state index contributed by atoms with van der Waals surface area (Å²) < 4.78 is 36.3. The molecule has 0 atom stereocenters. The van der Waals surface area contributed by atoms with E-state index in [1.807, 2.05) is 0 Å². The quantitative estimate of drug-likeness (QED) is 0.203. The molecule has 0 radical (unpaired) electrons. The Morgan fingerprint density at radius 3 is 2.38 bits per heavy atom. The summed E-state index contributed by atoms with van der Waals surface area (Å²) in [6, 6.07) is 15.3. The van der Waals surface area contributed by atoms with Crippen LogP contribution in [0.3, 0.4) is 0 Å². The molecule has 192 valence electrons. The van der Waals surface area contributed by atoms with Gasteiger partial charge < -0.3 is 8.92 Å². The third-order valence-electron chi connectivity index (χ3n) is 5.07. The molecule has 0 N–H and O–H groups in total. The number of halogens is 3. The maximum Gasteiger partial charge on any atom is 0.339 e. The van der Waals surface area contributed by atoms with Crippen molar-refractivity contribution in [2.24, 2.45) is 0 Å². The first-order valence-corrected chi connectivity index (χ1v) is 14.1. The largest absolute Gasteiger partial charge is 0.490 e. The molecular weight excluding hydrogens is 581 g/mol. The third kappa shape index (κ3) is 6.25. The second-order valence-electron chi connectivity index (χ2n) is 7.62. The maximum absolute atomic E-state index is 13.0. The molecule has 0 aromatic heterocycles. The van der Waals surface area contributed by atoms with Gasteiger partial charge in [-0.2, -0.15) is 8.42 Å². The van der Waals surface area contributed by atoms with Gasteiger partial charge in [0.1, 0.15) is 4.90 Å². The van der Waals surface area contributed by atoms with E-state index in [1.165, 1.54) is 36.4 Å². The van der Waals surface area contributed by atoms with Crippen LogP contribution < -0.4 is 8.92 Å². The van der Waals surface area contributed by atoms with E-state index in [0.29, 0.717) is 21.2 Å². The van der Waals surface area contributed by atoms with Gasteiger partial charge >= 0.3 is 10.1 Å². The fraction of sp³-hybridized carbons (Fsp3) is 0.120. The molecule has 12 heteroatoms. The average molecular weight is 599 g/mol. The number of hydrogen-bond donors (Lipinski definition) is 0. The first kappa shape index (κ1) is 27.3. The van der Waals surface area contributed by atoms with E-state index in [2.05, 4.69) is 0 Å². The monoisotopic (exact) mass is 597 g/mol. The second kappa shape index (κ2) is 11.4. The first-order chi connectivity index (χ1) is 17.6. The lowest BCUT2D eigenvalue weighted by Crippen LogP contribution is -2.27. The van der Waals surface area contributed by atoms with Crippen LogP contribution in [-0.4, -0.2) is 31.1 Å². The summed E-state index contributed by atoms with van der Waals surface area (Å²) in [5.41, 5.74) is 0.977. The molecule has 1 saturated heterocycles. The smallest absolute Gasteiger partial charge is 0.339 e. The van der Waals surface area contributed by atoms with Crippen LogP contribution in [0.2, 0.25) is 15.1 Å². The van der Waals surface area contributed by atoms with Crippen LogP contribution in [0.15, 0.2) is 70.5 Å². The summed E-state index contributed by atoms with van der Waals surface area (Å²) in [6.07, 6.45) is 1.47. The van der Waals surface area contributed by atoms with Crippen LogP contribution in [0.25, 0.3) is 6.08 Å². The molecule has 0 saturated carbocycles. The molecule has 1 fully saturated rings. The highest BCUT2D eigenvalue weighted by atomic mass is 35.5. The Balaban J connectivity index is 1.62. The molecule has 7 nitrogen and oxygen atoms in total. The predicted molar refractivity (Wildman–Crippen MR) is 145 cm³/mol. The lowest BCUT2D eigenvalue weighted by Gasteiger charge is -2.15. The minimum Gasteiger partial charge on any atom is -0.490 e. The number of ether oxygens (including phenoxy) is 1. The number of rotatable bonds is 8. The number of amides is 2. The van der Waals surface area contributed by atoms with Gasteiger partial charge in [-0.3, -0.25) is 14.5 Å². The van der Waals surface area contributed by atoms with E-state index in [4.69, 9.17) is 43.7 Å². The molecule has 0 aliphatic carbocycles. The van der Waals surface area contributed by atoms with Crippen LogP contribution in [0, 0.1) is 0 Å². The van der Waals surface area contributed by atoms with Crippen molar-refractivity contribution in [2.75, 3.05) is 6.61 Å². The molecule has 0 unspecified atom stereocenters. The normalized spacial score (nSPS) is 14.9. The zero-order valence-corrected chi connectivity index (χ0v) is 23.0. The molecular formula is C25H18Cl3NO6S2. The van der Waals surface area contributed by atoms with Crippen LogP contribution in [0.5, 0.6) is 11.5 Å².